The second-order valence-electron chi connectivity index (χ2n) is 3.47. The summed E-state index contributed by atoms with van der Waals surface area (Å²) in [4.78, 5) is 0. The minimum absolute atomic E-state index is 0.0156. The third kappa shape index (κ3) is 2.14. The number of benzene rings is 1. The van der Waals surface area contributed by atoms with Crippen molar-refractivity contribution in [2.75, 3.05) is 14.2 Å². The molecule has 0 fully saturated rings. The zero-order valence-corrected chi connectivity index (χ0v) is 9.26. The molecule has 90 valence electrons. The molecule has 1 unspecified atom stereocenters. The molecule has 0 aliphatic carbocycles. The van der Waals surface area contributed by atoms with E-state index in [4.69, 9.17) is 4.74 Å². The maximum absolute atomic E-state index is 12.9. The highest BCUT2D eigenvalue weighted by Gasteiger charge is 2.53. The van der Waals surface area contributed by atoms with Gasteiger partial charge in [-0.05, 0) is 24.6 Å². The first-order valence-electron chi connectivity index (χ1n) is 4.61. The van der Waals surface area contributed by atoms with Crippen LogP contribution in [0.25, 0.3) is 0 Å². The lowest BCUT2D eigenvalue weighted by atomic mass is 9.95. The molecular formula is C11H13F3O2. The molecule has 0 saturated carbocycles. The predicted octanol–water partition coefficient (Wildman–Crippen LogP) is 3.12. The summed E-state index contributed by atoms with van der Waals surface area (Å²) in [5.41, 5.74) is -2.30. The first kappa shape index (κ1) is 12.8. The van der Waals surface area contributed by atoms with E-state index in [0.29, 0.717) is 5.75 Å². The standard InChI is InChI=1S/C11H13F3O2/c1-10(16-3,11(12,13)14)8-5-4-6-9(7-8)15-2/h4-7H,1-3H3. The Labute approximate surface area is 92.0 Å². The summed E-state index contributed by atoms with van der Waals surface area (Å²) >= 11 is 0. The lowest BCUT2D eigenvalue weighted by molar-refractivity contribution is -0.269. The van der Waals surface area contributed by atoms with Crippen molar-refractivity contribution in [2.24, 2.45) is 0 Å². The van der Waals surface area contributed by atoms with Crippen LogP contribution in [-0.2, 0) is 10.3 Å². The Morgan fingerprint density at radius 3 is 2.19 bits per heavy atom. The van der Waals surface area contributed by atoms with Gasteiger partial charge in [-0.25, -0.2) is 0 Å². The minimum Gasteiger partial charge on any atom is -0.497 e. The summed E-state index contributed by atoms with van der Waals surface area (Å²) in [6, 6.07) is 5.75. The molecule has 16 heavy (non-hydrogen) atoms. The number of halogens is 3. The van der Waals surface area contributed by atoms with Crippen LogP contribution < -0.4 is 4.74 Å². The van der Waals surface area contributed by atoms with E-state index in [0.717, 1.165) is 14.0 Å². The number of rotatable bonds is 3. The molecule has 0 aliphatic heterocycles. The van der Waals surface area contributed by atoms with E-state index < -0.39 is 11.8 Å². The van der Waals surface area contributed by atoms with E-state index in [1.807, 2.05) is 0 Å². The predicted molar refractivity (Wildman–Crippen MR) is 53.4 cm³/mol. The van der Waals surface area contributed by atoms with Gasteiger partial charge >= 0.3 is 6.18 Å². The van der Waals surface area contributed by atoms with Gasteiger partial charge in [0.2, 0.25) is 0 Å². The zero-order chi connectivity index (χ0) is 12.4. The SMILES string of the molecule is COc1cccc(C(C)(OC)C(F)(F)F)c1. The summed E-state index contributed by atoms with van der Waals surface area (Å²) in [5.74, 6) is 0.366. The molecule has 0 N–H and O–H groups in total. The Balaban J connectivity index is 3.23. The molecule has 0 amide bonds. The van der Waals surface area contributed by atoms with Gasteiger partial charge in [-0.1, -0.05) is 12.1 Å². The summed E-state index contributed by atoms with van der Waals surface area (Å²) in [6.07, 6.45) is -4.48. The quantitative estimate of drug-likeness (QED) is 0.800. The second kappa shape index (κ2) is 4.33. The first-order chi connectivity index (χ1) is 7.35. The van der Waals surface area contributed by atoms with Gasteiger partial charge in [0.25, 0.3) is 0 Å². The highest BCUT2D eigenvalue weighted by molar-refractivity contribution is 5.33. The molecule has 0 heterocycles. The molecule has 1 aromatic rings. The Kier molecular flexibility index (Phi) is 3.48. The molecule has 0 spiro atoms. The van der Waals surface area contributed by atoms with Crippen LogP contribution in [0.4, 0.5) is 13.2 Å². The average Bonchev–Trinajstić information content (AvgIpc) is 2.26. The molecule has 0 saturated heterocycles. The Morgan fingerprint density at radius 1 is 1.12 bits per heavy atom. The van der Waals surface area contributed by atoms with E-state index in [9.17, 15) is 13.2 Å². The van der Waals surface area contributed by atoms with Gasteiger partial charge in [0, 0.05) is 7.11 Å². The van der Waals surface area contributed by atoms with Gasteiger partial charge < -0.3 is 9.47 Å². The lowest BCUT2D eigenvalue weighted by Gasteiger charge is -2.31. The summed E-state index contributed by atoms with van der Waals surface area (Å²) in [5, 5.41) is 0. The first-order valence-corrected chi connectivity index (χ1v) is 4.61. The number of methoxy groups -OCH3 is 2. The normalized spacial score (nSPS) is 15.6. The van der Waals surface area contributed by atoms with Crippen molar-refractivity contribution in [1.82, 2.24) is 0 Å². The van der Waals surface area contributed by atoms with Crippen molar-refractivity contribution in [1.29, 1.82) is 0 Å². The highest BCUT2D eigenvalue weighted by Crippen LogP contribution is 2.42. The van der Waals surface area contributed by atoms with Crippen LogP contribution in [0.3, 0.4) is 0 Å². The smallest absolute Gasteiger partial charge is 0.421 e. The van der Waals surface area contributed by atoms with Crippen LogP contribution in [0.2, 0.25) is 0 Å². The van der Waals surface area contributed by atoms with Crippen molar-refractivity contribution in [3.05, 3.63) is 29.8 Å². The van der Waals surface area contributed by atoms with Crippen LogP contribution in [-0.4, -0.2) is 20.4 Å². The summed E-state index contributed by atoms with van der Waals surface area (Å²) < 4.78 is 48.1. The second-order valence-corrected chi connectivity index (χ2v) is 3.47. The van der Waals surface area contributed by atoms with E-state index in [1.165, 1.54) is 25.3 Å². The number of hydrogen-bond donors (Lipinski definition) is 0. The fraction of sp³-hybridized carbons (Fsp3) is 0.455. The summed E-state index contributed by atoms with van der Waals surface area (Å²) in [7, 11) is 2.43. The topological polar surface area (TPSA) is 18.5 Å². The van der Waals surface area contributed by atoms with Gasteiger partial charge in [-0.2, -0.15) is 13.2 Å². The van der Waals surface area contributed by atoms with Gasteiger partial charge in [-0.3, -0.25) is 0 Å². The molecule has 2 nitrogen and oxygen atoms in total. The minimum atomic E-state index is -4.48. The summed E-state index contributed by atoms with van der Waals surface area (Å²) in [6.45, 7) is 0.988. The molecular weight excluding hydrogens is 221 g/mol. The highest BCUT2D eigenvalue weighted by atomic mass is 19.4. The fourth-order valence-electron chi connectivity index (χ4n) is 1.32. The number of alkyl halides is 3. The van der Waals surface area contributed by atoms with Crippen LogP contribution in [0.1, 0.15) is 12.5 Å². The van der Waals surface area contributed by atoms with Crippen LogP contribution in [0, 0.1) is 0 Å². The Hall–Kier alpha value is -1.23. The van der Waals surface area contributed by atoms with Crippen molar-refractivity contribution < 1.29 is 22.6 Å². The zero-order valence-electron chi connectivity index (χ0n) is 9.26. The Bertz CT molecular complexity index is 362. The molecule has 5 heteroatoms. The van der Waals surface area contributed by atoms with Crippen molar-refractivity contribution in [3.63, 3.8) is 0 Å². The number of ether oxygens (including phenoxy) is 2. The molecule has 0 aliphatic rings. The van der Waals surface area contributed by atoms with Gasteiger partial charge in [-0.15, -0.1) is 0 Å². The van der Waals surface area contributed by atoms with E-state index in [-0.39, 0.29) is 5.56 Å². The molecule has 0 bridgehead atoms. The van der Waals surface area contributed by atoms with Crippen LogP contribution >= 0.6 is 0 Å². The maximum atomic E-state index is 12.9. The molecule has 0 aromatic heterocycles. The van der Waals surface area contributed by atoms with Crippen LogP contribution in [0.5, 0.6) is 5.75 Å². The molecule has 1 atom stereocenters. The molecule has 1 rings (SSSR count). The van der Waals surface area contributed by atoms with Crippen molar-refractivity contribution in [2.45, 2.75) is 18.7 Å². The van der Waals surface area contributed by atoms with Crippen molar-refractivity contribution >= 4 is 0 Å². The largest absolute Gasteiger partial charge is 0.497 e. The maximum Gasteiger partial charge on any atom is 0.421 e. The van der Waals surface area contributed by atoms with Crippen molar-refractivity contribution in [3.8, 4) is 5.75 Å². The van der Waals surface area contributed by atoms with Gasteiger partial charge in [0.15, 0.2) is 5.60 Å². The number of hydrogen-bond acceptors (Lipinski definition) is 2. The van der Waals surface area contributed by atoms with E-state index in [1.54, 1.807) is 6.07 Å². The molecule has 1 aromatic carbocycles. The van der Waals surface area contributed by atoms with Gasteiger partial charge in [0.05, 0.1) is 7.11 Å². The monoisotopic (exact) mass is 234 g/mol. The average molecular weight is 234 g/mol. The third-order valence-corrected chi connectivity index (χ3v) is 2.57. The van der Waals surface area contributed by atoms with E-state index >= 15 is 0 Å². The molecule has 0 radical (unpaired) electrons. The Morgan fingerprint density at radius 2 is 1.75 bits per heavy atom. The van der Waals surface area contributed by atoms with E-state index in [2.05, 4.69) is 4.74 Å². The lowest BCUT2D eigenvalue weighted by Crippen LogP contribution is -2.41. The van der Waals surface area contributed by atoms with Crippen LogP contribution in [0.15, 0.2) is 24.3 Å². The fourth-order valence-corrected chi connectivity index (χ4v) is 1.32. The van der Waals surface area contributed by atoms with Gasteiger partial charge in [0.1, 0.15) is 5.75 Å². The third-order valence-electron chi connectivity index (χ3n) is 2.57.